The van der Waals surface area contributed by atoms with Crippen LogP contribution in [0.1, 0.15) is 252 Å². The molecule has 0 aromatic rings. The van der Waals surface area contributed by atoms with Crippen molar-refractivity contribution >= 4 is 17.7 Å². The van der Waals surface area contributed by atoms with Crippen LogP contribution >= 0.6 is 0 Å². The molecule has 0 unspecified atom stereocenters. The minimum atomic E-state index is 0.0432. The third kappa shape index (κ3) is 57.3. The fourth-order valence-electron chi connectivity index (χ4n) is 8.90. The lowest BCUT2D eigenvalue weighted by atomic mass is 10.1. The van der Waals surface area contributed by atoms with E-state index in [0.29, 0.717) is 71.6 Å². The van der Waals surface area contributed by atoms with E-state index in [1.54, 1.807) is 0 Å². The lowest BCUT2D eigenvalue weighted by Gasteiger charge is -2.26. The summed E-state index contributed by atoms with van der Waals surface area (Å²) in [5, 5.41) is 46.1. The van der Waals surface area contributed by atoms with Crippen molar-refractivity contribution in [3.8, 4) is 0 Å². The van der Waals surface area contributed by atoms with Crippen molar-refractivity contribution in [1.29, 1.82) is 0 Å². The highest BCUT2D eigenvalue weighted by Crippen LogP contribution is 2.13. The first-order chi connectivity index (χ1) is 34.8. The summed E-state index contributed by atoms with van der Waals surface area (Å²) in [6.45, 7) is 15.2. The molecular formula is C58H120N6O7. The molecule has 13 heteroatoms. The number of nitrogens with zero attached hydrogens (tertiary/aromatic N) is 3. The largest absolute Gasteiger partial charge is 0.396 e. The van der Waals surface area contributed by atoms with Crippen LogP contribution in [0.15, 0.2) is 0 Å². The molecule has 0 saturated carbocycles. The van der Waals surface area contributed by atoms with Crippen LogP contribution in [0.4, 0.5) is 0 Å². The second kappa shape index (κ2) is 60.7. The SMILES string of the molecule is CCCCCCCCCCCCNC(=O)CCN(CCO)CCCCCO.CCCCCCCCCCCCNC(=O)CCN(CCO)CCN(CCO)CCC(=O)NCCCCCCCCCCCC. The van der Waals surface area contributed by atoms with Gasteiger partial charge in [0, 0.05) is 97.9 Å². The molecule has 0 bridgehead atoms. The standard InChI is InChI=1S/C36H74N4O4.C22H46N2O3/c1-3-5-7-9-11-13-15-17-19-21-25-37-35(43)23-27-39(31-33-41)29-30-40(32-34-42)28-24-36(44)38-26-22-20-18-16-14-12-10-8-6-4-2;1-2-3-4-5-6-7-8-9-10-12-16-23-22(27)15-18-24(19-21-26)17-13-11-14-20-25/h41-42H,3-34H2,1-2H3,(H,37,43)(H,38,44);25-26H,2-21H2,1H3,(H,23,27). The first kappa shape index (κ1) is 71.2. The molecule has 0 spiro atoms. The minimum absolute atomic E-state index is 0.0432. The van der Waals surface area contributed by atoms with Crippen molar-refractivity contribution in [2.75, 3.05) is 105 Å². The van der Waals surface area contributed by atoms with Gasteiger partial charge in [0.2, 0.25) is 17.7 Å². The van der Waals surface area contributed by atoms with Gasteiger partial charge in [0.25, 0.3) is 0 Å². The van der Waals surface area contributed by atoms with Crippen LogP contribution in [0.2, 0.25) is 0 Å². The van der Waals surface area contributed by atoms with Crippen molar-refractivity contribution in [2.24, 2.45) is 0 Å². The van der Waals surface area contributed by atoms with Crippen LogP contribution in [0, 0.1) is 0 Å². The summed E-state index contributed by atoms with van der Waals surface area (Å²) in [5.74, 6) is 0.245. The summed E-state index contributed by atoms with van der Waals surface area (Å²) in [7, 11) is 0. The second-order valence-corrected chi connectivity index (χ2v) is 20.3. The van der Waals surface area contributed by atoms with Gasteiger partial charge in [0.1, 0.15) is 0 Å². The third-order valence-corrected chi connectivity index (χ3v) is 13.6. The van der Waals surface area contributed by atoms with Gasteiger partial charge in [-0.2, -0.15) is 0 Å². The quantitative estimate of drug-likeness (QED) is 0.0290. The Morgan fingerprint density at radius 2 is 0.507 bits per heavy atom. The van der Waals surface area contributed by atoms with E-state index >= 15 is 0 Å². The maximum absolute atomic E-state index is 12.4. The van der Waals surface area contributed by atoms with E-state index in [1.807, 2.05) is 0 Å². The first-order valence-corrected chi connectivity index (χ1v) is 30.2. The second-order valence-electron chi connectivity index (χ2n) is 20.3. The third-order valence-electron chi connectivity index (χ3n) is 13.6. The number of rotatable bonds is 56. The van der Waals surface area contributed by atoms with Crippen LogP contribution in [0.5, 0.6) is 0 Å². The van der Waals surface area contributed by atoms with Crippen LogP contribution in [-0.4, -0.2) is 158 Å². The molecule has 0 aliphatic carbocycles. The first-order valence-electron chi connectivity index (χ1n) is 30.2. The van der Waals surface area contributed by atoms with Gasteiger partial charge in [0.15, 0.2) is 0 Å². The summed E-state index contributed by atoms with van der Waals surface area (Å²) in [6.07, 6.45) is 42.9. The molecule has 0 saturated heterocycles. The molecular weight excluding hydrogens is 893 g/mol. The number of hydrogen-bond donors (Lipinski definition) is 7. The van der Waals surface area contributed by atoms with Crippen molar-refractivity contribution in [3.05, 3.63) is 0 Å². The number of hydrogen-bond acceptors (Lipinski definition) is 10. The number of aliphatic hydroxyl groups is 4. The Balaban J connectivity index is 0. The highest BCUT2D eigenvalue weighted by molar-refractivity contribution is 5.76. The fraction of sp³-hybridized carbons (Fsp3) is 0.948. The number of carbonyl (C=O) groups excluding carboxylic acids is 3. The maximum Gasteiger partial charge on any atom is 0.221 e. The molecule has 71 heavy (non-hydrogen) atoms. The number of unbranched alkanes of at least 4 members (excludes halogenated alkanes) is 29. The van der Waals surface area contributed by atoms with Crippen LogP contribution in [0.25, 0.3) is 0 Å². The van der Waals surface area contributed by atoms with Gasteiger partial charge in [-0.15, -0.1) is 0 Å². The van der Waals surface area contributed by atoms with Gasteiger partial charge in [-0.3, -0.25) is 24.2 Å². The zero-order valence-electron chi connectivity index (χ0n) is 47.1. The van der Waals surface area contributed by atoms with Gasteiger partial charge in [-0.05, 0) is 45.1 Å². The Morgan fingerprint density at radius 3 is 0.761 bits per heavy atom. The number of nitrogens with one attached hydrogen (secondary N) is 3. The van der Waals surface area contributed by atoms with Gasteiger partial charge in [-0.25, -0.2) is 0 Å². The van der Waals surface area contributed by atoms with Gasteiger partial charge >= 0.3 is 0 Å². The van der Waals surface area contributed by atoms with E-state index in [4.69, 9.17) is 10.2 Å². The zero-order chi connectivity index (χ0) is 52.4. The van der Waals surface area contributed by atoms with E-state index in [-0.39, 0.29) is 44.1 Å². The van der Waals surface area contributed by atoms with E-state index in [1.165, 1.54) is 173 Å². The van der Waals surface area contributed by atoms with Crippen LogP contribution in [-0.2, 0) is 14.4 Å². The molecule has 13 nitrogen and oxygen atoms in total. The summed E-state index contributed by atoms with van der Waals surface area (Å²) >= 11 is 0. The molecule has 0 atom stereocenters. The van der Waals surface area contributed by atoms with E-state index in [0.717, 1.165) is 64.7 Å². The van der Waals surface area contributed by atoms with Crippen LogP contribution < -0.4 is 16.0 Å². The lowest BCUT2D eigenvalue weighted by molar-refractivity contribution is -0.122. The lowest BCUT2D eigenvalue weighted by Crippen LogP contribution is -2.40. The topological polar surface area (TPSA) is 178 Å². The summed E-state index contributed by atoms with van der Waals surface area (Å²) < 4.78 is 0. The Bertz CT molecular complexity index is 1040. The van der Waals surface area contributed by atoms with Crippen molar-refractivity contribution in [2.45, 2.75) is 252 Å². The minimum Gasteiger partial charge on any atom is -0.396 e. The fourth-order valence-corrected chi connectivity index (χ4v) is 8.90. The smallest absolute Gasteiger partial charge is 0.221 e. The number of aliphatic hydroxyl groups excluding tert-OH is 4. The normalized spacial score (nSPS) is 11.4. The average Bonchev–Trinajstić information content (AvgIpc) is 3.37. The average molecular weight is 1010 g/mol. The predicted molar refractivity (Wildman–Crippen MR) is 300 cm³/mol. The van der Waals surface area contributed by atoms with Crippen molar-refractivity contribution in [1.82, 2.24) is 30.7 Å². The molecule has 0 aliphatic heterocycles. The highest BCUT2D eigenvalue weighted by Gasteiger charge is 2.13. The highest BCUT2D eigenvalue weighted by atomic mass is 16.3. The molecule has 3 amide bonds. The van der Waals surface area contributed by atoms with Crippen molar-refractivity contribution in [3.63, 3.8) is 0 Å². The molecule has 0 aliphatic rings. The Hall–Kier alpha value is -1.87. The molecule has 7 N–H and O–H groups in total. The molecule has 0 fully saturated rings. The van der Waals surface area contributed by atoms with Crippen LogP contribution in [0.3, 0.4) is 0 Å². The van der Waals surface area contributed by atoms with E-state index in [2.05, 4.69) is 51.4 Å². The Kier molecular flexibility index (Phi) is 60.9. The van der Waals surface area contributed by atoms with Crippen molar-refractivity contribution < 1.29 is 34.8 Å². The summed E-state index contributed by atoms with van der Waals surface area (Å²) in [5.41, 5.74) is 0. The van der Waals surface area contributed by atoms with Gasteiger partial charge in [-0.1, -0.05) is 194 Å². The van der Waals surface area contributed by atoms with E-state index in [9.17, 15) is 24.6 Å². The predicted octanol–water partition coefficient (Wildman–Crippen LogP) is 10.3. The zero-order valence-corrected chi connectivity index (χ0v) is 47.1. The molecule has 0 rings (SSSR count). The monoisotopic (exact) mass is 1010 g/mol. The molecule has 0 heterocycles. The summed E-state index contributed by atoms with van der Waals surface area (Å²) in [4.78, 5) is 43.0. The Morgan fingerprint density at radius 1 is 0.268 bits per heavy atom. The summed E-state index contributed by atoms with van der Waals surface area (Å²) in [6, 6.07) is 0. The van der Waals surface area contributed by atoms with E-state index < -0.39 is 0 Å². The number of carbonyl (C=O) groups is 3. The molecule has 0 aromatic heterocycles. The molecule has 424 valence electrons. The van der Waals surface area contributed by atoms with Gasteiger partial charge in [0.05, 0.1) is 19.8 Å². The Labute approximate surface area is 438 Å². The molecule has 0 radical (unpaired) electrons. The number of amides is 3. The molecule has 0 aromatic carbocycles. The maximum atomic E-state index is 12.4. The van der Waals surface area contributed by atoms with Gasteiger partial charge < -0.3 is 41.3 Å².